The van der Waals surface area contributed by atoms with Crippen LogP contribution in [0.3, 0.4) is 0 Å². The molecule has 0 atom stereocenters. The van der Waals surface area contributed by atoms with Gasteiger partial charge in [0.25, 0.3) is 0 Å². The van der Waals surface area contributed by atoms with Crippen LogP contribution in [0.2, 0.25) is 0 Å². The lowest BCUT2D eigenvalue weighted by Gasteiger charge is -2.26. The van der Waals surface area contributed by atoms with Crippen LogP contribution in [-0.4, -0.2) is 29.5 Å². The molecule has 25 heavy (non-hydrogen) atoms. The summed E-state index contributed by atoms with van der Waals surface area (Å²) in [5, 5.41) is 1.38. The van der Waals surface area contributed by atoms with Crippen LogP contribution in [0.25, 0.3) is 16.5 Å². The molecule has 3 aromatic rings. The van der Waals surface area contributed by atoms with Crippen LogP contribution in [-0.2, 0) is 6.42 Å². The monoisotopic (exact) mass is 330 g/mol. The normalized spacial score (nSPS) is 15.5. The van der Waals surface area contributed by atoms with Crippen molar-refractivity contribution in [1.29, 1.82) is 0 Å². The zero-order valence-electron chi connectivity index (χ0n) is 15.0. The number of benzene rings is 2. The molecule has 0 saturated carbocycles. The van der Waals surface area contributed by atoms with Crippen LogP contribution in [0, 0.1) is 6.92 Å². The third-order valence-corrected chi connectivity index (χ3v) is 5.32. The minimum Gasteiger partial charge on any atom is -0.361 e. The zero-order chi connectivity index (χ0) is 17.1. The molecule has 1 aliphatic rings. The summed E-state index contributed by atoms with van der Waals surface area (Å²) in [5.41, 5.74) is 6.95. The number of hydrogen-bond donors (Lipinski definition) is 1. The third kappa shape index (κ3) is 3.69. The van der Waals surface area contributed by atoms with Gasteiger partial charge in [-0.3, -0.25) is 4.90 Å². The van der Waals surface area contributed by atoms with Gasteiger partial charge in [0.05, 0.1) is 0 Å². The summed E-state index contributed by atoms with van der Waals surface area (Å²) in [6, 6.07) is 17.7. The van der Waals surface area contributed by atoms with E-state index in [1.807, 2.05) is 6.20 Å². The Labute approximate surface area is 150 Å². The number of hydrogen-bond acceptors (Lipinski definition) is 1. The summed E-state index contributed by atoms with van der Waals surface area (Å²) >= 11 is 0. The van der Waals surface area contributed by atoms with Gasteiger partial charge in [0, 0.05) is 30.2 Å². The fourth-order valence-electron chi connectivity index (χ4n) is 3.81. The Hall–Kier alpha value is -2.32. The molecule has 2 nitrogen and oxygen atoms in total. The highest BCUT2D eigenvalue weighted by atomic mass is 15.1. The molecule has 128 valence electrons. The lowest BCUT2D eigenvalue weighted by atomic mass is 9.98. The van der Waals surface area contributed by atoms with Crippen molar-refractivity contribution in [1.82, 2.24) is 9.88 Å². The summed E-state index contributed by atoms with van der Waals surface area (Å²) in [5.74, 6) is 0. The SMILES string of the molecule is Cc1ccc(C2=CCN(CCCc3cccc4[nH]ccc34)CC2)cc1. The fraction of sp³-hybridized carbons (Fsp3) is 0.304. The van der Waals surface area contributed by atoms with E-state index < -0.39 is 0 Å². The van der Waals surface area contributed by atoms with Crippen molar-refractivity contribution < 1.29 is 0 Å². The summed E-state index contributed by atoms with van der Waals surface area (Å²) in [6.07, 6.45) is 7.99. The first-order valence-electron chi connectivity index (χ1n) is 9.33. The molecule has 4 rings (SSSR count). The number of aryl methyl sites for hydroxylation is 2. The number of H-pyrrole nitrogens is 1. The van der Waals surface area contributed by atoms with Crippen LogP contribution in [0.15, 0.2) is 60.8 Å². The van der Waals surface area contributed by atoms with Gasteiger partial charge < -0.3 is 4.98 Å². The van der Waals surface area contributed by atoms with Crippen LogP contribution in [0.1, 0.15) is 29.5 Å². The van der Waals surface area contributed by atoms with E-state index >= 15 is 0 Å². The minimum absolute atomic E-state index is 1.08. The van der Waals surface area contributed by atoms with Crippen molar-refractivity contribution in [2.45, 2.75) is 26.2 Å². The maximum atomic E-state index is 3.31. The first-order valence-corrected chi connectivity index (χ1v) is 9.33. The van der Waals surface area contributed by atoms with Gasteiger partial charge in [-0.2, -0.15) is 0 Å². The predicted octanol–water partition coefficient (Wildman–Crippen LogP) is 5.20. The number of rotatable bonds is 5. The number of nitrogens with one attached hydrogen (secondary N) is 1. The first kappa shape index (κ1) is 16.2. The summed E-state index contributed by atoms with van der Waals surface area (Å²) < 4.78 is 0. The molecule has 2 heteroatoms. The standard InChI is InChI=1S/C23H26N2/c1-18-7-9-19(10-8-18)20-12-16-25(17-13-20)15-3-5-21-4-2-6-23-22(21)11-14-24-23/h2,4,6-12,14,24H,3,5,13,15-17H2,1H3. The Bertz CT molecular complexity index is 871. The Kier molecular flexibility index (Phi) is 4.71. The smallest absolute Gasteiger partial charge is 0.0456 e. The van der Waals surface area contributed by atoms with E-state index in [0.29, 0.717) is 0 Å². The van der Waals surface area contributed by atoms with Gasteiger partial charge in [0.2, 0.25) is 0 Å². The molecular weight excluding hydrogens is 304 g/mol. The average Bonchev–Trinajstić information content (AvgIpc) is 3.13. The van der Waals surface area contributed by atoms with Gasteiger partial charge in [0.15, 0.2) is 0 Å². The van der Waals surface area contributed by atoms with Gasteiger partial charge >= 0.3 is 0 Å². The minimum atomic E-state index is 1.08. The van der Waals surface area contributed by atoms with Crippen molar-refractivity contribution in [3.05, 3.63) is 77.5 Å². The molecule has 0 unspecified atom stereocenters. The van der Waals surface area contributed by atoms with E-state index in [4.69, 9.17) is 0 Å². The van der Waals surface area contributed by atoms with E-state index in [-0.39, 0.29) is 0 Å². The lowest BCUT2D eigenvalue weighted by Crippen LogP contribution is -2.29. The Morgan fingerprint density at radius 2 is 1.92 bits per heavy atom. The van der Waals surface area contributed by atoms with Gasteiger partial charge in [-0.25, -0.2) is 0 Å². The van der Waals surface area contributed by atoms with Crippen LogP contribution in [0.5, 0.6) is 0 Å². The van der Waals surface area contributed by atoms with Gasteiger partial charge in [0.1, 0.15) is 0 Å². The molecular formula is C23H26N2. The molecule has 0 aliphatic carbocycles. The van der Waals surface area contributed by atoms with E-state index in [2.05, 4.69) is 71.4 Å². The highest BCUT2D eigenvalue weighted by Crippen LogP contribution is 2.23. The molecule has 0 bridgehead atoms. The van der Waals surface area contributed by atoms with Crippen molar-refractivity contribution in [2.75, 3.05) is 19.6 Å². The number of nitrogens with zero attached hydrogens (tertiary/aromatic N) is 1. The summed E-state index contributed by atoms with van der Waals surface area (Å²) in [6.45, 7) is 5.58. The lowest BCUT2D eigenvalue weighted by molar-refractivity contribution is 0.298. The second-order valence-electron chi connectivity index (χ2n) is 7.11. The average molecular weight is 330 g/mol. The number of aromatic amines is 1. The summed E-state index contributed by atoms with van der Waals surface area (Å²) in [4.78, 5) is 5.88. The van der Waals surface area contributed by atoms with E-state index in [9.17, 15) is 0 Å². The Balaban J connectivity index is 1.31. The quantitative estimate of drug-likeness (QED) is 0.681. The highest BCUT2D eigenvalue weighted by molar-refractivity contribution is 5.82. The molecule has 1 aromatic heterocycles. The second kappa shape index (κ2) is 7.28. The molecule has 2 heterocycles. The second-order valence-corrected chi connectivity index (χ2v) is 7.11. The zero-order valence-corrected chi connectivity index (χ0v) is 15.0. The van der Waals surface area contributed by atoms with Crippen molar-refractivity contribution in [3.8, 4) is 0 Å². The molecule has 1 N–H and O–H groups in total. The maximum absolute atomic E-state index is 3.31. The van der Waals surface area contributed by atoms with E-state index in [1.165, 1.54) is 52.7 Å². The van der Waals surface area contributed by atoms with Crippen molar-refractivity contribution >= 4 is 16.5 Å². The molecule has 0 amide bonds. The number of aromatic nitrogens is 1. The number of fused-ring (bicyclic) bond motifs is 1. The molecule has 0 saturated heterocycles. The van der Waals surface area contributed by atoms with Crippen molar-refractivity contribution in [3.63, 3.8) is 0 Å². The largest absolute Gasteiger partial charge is 0.361 e. The predicted molar refractivity (Wildman–Crippen MR) is 107 cm³/mol. The molecule has 0 radical (unpaired) electrons. The van der Waals surface area contributed by atoms with E-state index in [0.717, 1.165) is 19.4 Å². The maximum Gasteiger partial charge on any atom is 0.0456 e. The van der Waals surface area contributed by atoms with Crippen LogP contribution >= 0.6 is 0 Å². The van der Waals surface area contributed by atoms with Crippen LogP contribution in [0.4, 0.5) is 0 Å². The first-order chi connectivity index (χ1) is 12.3. The third-order valence-electron chi connectivity index (χ3n) is 5.32. The van der Waals surface area contributed by atoms with Gasteiger partial charge in [-0.1, -0.05) is 48.0 Å². The topological polar surface area (TPSA) is 19.0 Å². The molecule has 2 aromatic carbocycles. The van der Waals surface area contributed by atoms with Gasteiger partial charge in [-0.05, 0) is 61.6 Å². The van der Waals surface area contributed by atoms with Crippen LogP contribution < -0.4 is 0 Å². The molecule has 0 spiro atoms. The van der Waals surface area contributed by atoms with Crippen molar-refractivity contribution in [2.24, 2.45) is 0 Å². The summed E-state index contributed by atoms with van der Waals surface area (Å²) in [7, 11) is 0. The Morgan fingerprint density at radius 1 is 1.04 bits per heavy atom. The Morgan fingerprint density at radius 3 is 2.72 bits per heavy atom. The van der Waals surface area contributed by atoms with Gasteiger partial charge in [-0.15, -0.1) is 0 Å². The molecule has 1 aliphatic heterocycles. The highest BCUT2D eigenvalue weighted by Gasteiger charge is 2.12. The fourth-order valence-corrected chi connectivity index (χ4v) is 3.81. The van der Waals surface area contributed by atoms with E-state index in [1.54, 1.807) is 0 Å². The molecule has 0 fully saturated rings.